The molecule has 8 heteroatoms. The number of H-pyrrole nitrogens is 1. The van der Waals surface area contributed by atoms with Gasteiger partial charge in [-0.15, -0.1) is 0 Å². The minimum Gasteiger partial charge on any atom is -0.434 e. The fraction of sp³-hybridized carbons (Fsp3) is 0.238. The molecule has 0 aliphatic rings. The summed E-state index contributed by atoms with van der Waals surface area (Å²) in [5, 5.41) is 0.517. The number of hydrogen-bond donors (Lipinski definition) is 1. The molecule has 0 saturated carbocycles. The van der Waals surface area contributed by atoms with Crippen molar-refractivity contribution in [3.8, 4) is 5.75 Å². The SMILES string of the molecule is C/C=C(\C=NC)c1cnc2[nH]cc(C(C)c3c(OC(F)F)ccc(F)c3Cl)c2c1. The molecule has 0 bridgehead atoms. The summed E-state index contributed by atoms with van der Waals surface area (Å²) >= 11 is 6.14. The average Bonchev–Trinajstić information content (AvgIpc) is 3.11. The molecule has 1 N–H and O–H groups in total. The Morgan fingerprint density at radius 2 is 2.10 bits per heavy atom. The third kappa shape index (κ3) is 4.15. The van der Waals surface area contributed by atoms with Crippen LogP contribution < -0.4 is 4.74 Å². The lowest BCUT2D eigenvalue weighted by molar-refractivity contribution is -0.0505. The lowest BCUT2D eigenvalue weighted by Crippen LogP contribution is -2.08. The number of nitrogens with one attached hydrogen (secondary N) is 1. The van der Waals surface area contributed by atoms with E-state index >= 15 is 0 Å². The van der Waals surface area contributed by atoms with Crippen molar-refractivity contribution in [2.24, 2.45) is 4.99 Å². The fourth-order valence-electron chi connectivity index (χ4n) is 3.30. The number of rotatable bonds is 6. The number of halogens is 4. The van der Waals surface area contributed by atoms with Gasteiger partial charge in [0, 0.05) is 48.1 Å². The zero-order valence-corrected chi connectivity index (χ0v) is 16.8. The van der Waals surface area contributed by atoms with E-state index < -0.39 is 18.3 Å². The van der Waals surface area contributed by atoms with Crippen LogP contribution in [0.1, 0.15) is 36.5 Å². The standard InChI is InChI=1S/C21H19ClF3N3O/c1-4-12(8-26-3)13-7-14-15(10-28-20(14)27-9-13)11(2)18-17(29-21(24)25)6-5-16(23)19(18)22/h4-11,21H,1-3H3,(H,27,28)/b12-4+,26-8?. The van der Waals surface area contributed by atoms with Gasteiger partial charge in [0.15, 0.2) is 0 Å². The molecule has 1 atom stereocenters. The molecule has 0 saturated heterocycles. The number of alkyl halides is 2. The van der Waals surface area contributed by atoms with Crippen molar-refractivity contribution in [2.75, 3.05) is 7.05 Å². The lowest BCUT2D eigenvalue weighted by Gasteiger charge is -2.18. The molecule has 4 nitrogen and oxygen atoms in total. The van der Waals surface area contributed by atoms with Gasteiger partial charge in [-0.3, -0.25) is 4.99 Å². The molecule has 0 radical (unpaired) electrons. The molecule has 3 aromatic rings. The van der Waals surface area contributed by atoms with Crippen molar-refractivity contribution < 1.29 is 17.9 Å². The maximum absolute atomic E-state index is 14.1. The third-order valence-corrected chi connectivity index (χ3v) is 5.07. The summed E-state index contributed by atoms with van der Waals surface area (Å²) in [5.41, 5.74) is 3.22. The molecule has 0 aliphatic carbocycles. The van der Waals surface area contributed by atoms with Gasteiger partial charge in [0.25, 0.3) is 0 Å². The number of pyridine rings is 1. The zero-order chi connectivity index (χ0) is 21.1. The van der Waals surface area contributed by atoms with Gasteiger partial charge in [-0.25, -0.2) is 9.37 Å². The Hall–Kier alpha value is -2.80. The largest absolute Gasteiger partial charge is 0.434 e. The van der Waals surface area contributed by atoms with Gasteiger partial charge in [-0.05, 0) is 36.3 Å². The van der Waals surface area contributed by atoms with Gasteiger partial charge in [-0.1, -0.05) is 24.6 Å². The fourth-order valence-corrected chi connectivity index (χ4v) is 3.62. The van der Waals surface area contributed by atoms with Gasteiger partial charge < -0.3 is 9.72 Å². The van der Waals surface area contributed by atoms with E-state index in [1.54, 1.807) is 32.6 Å². The van der Waals surface area contributed by atoms with Gasteiger partial charge in [0.1, 0.15) is 17.2 Å². The molecule has 3 rings (SSSR count). The van der Waals surface area contributed by atoms with Crippen LogP contribution >= 0.6 is 11.6 Å². The van der Waals surface area contributed by atoms with Crippen molar-refractivity contribution in [2.45, 2.75) is 26.4 Å². The number of nitrogens with zero attached hydrogens (tertiary/aromatic N) is 2. The van der Waals surface area contributed by atoms with Crippen LogP contribution in [0.4, 0.5) is 13.2 Å². The topological polar surface area (TPSA) is 50.3 Å². The number of aliphatic imine (C=N–C) groups is 1. The summed E-state index contributed by atoms with van der Waals surface area (Å²) in [6.07, 6.45) is 7.05. The highest BCUT2D eigenvalue weighted by atomic mass is 35.5. The van der Waals surface area contributed by atoms with Crippen LogP contribution in [0.15, 0.2) is 41.7 Å². The predicted octanol–water partition coefficient (Wildman–Crippen LogP) is 6.21. The normalized spacial score (nSPS) is 13.6. The third-order valence-electron chi connectivity index (χ3n) is 4.68. The van der Waals surface area contributed by atoms with E-state index in [1.165, 1.54) is 0 Å². The van der Waals surface area contributed by atoms with E-state index in [-0.39, 0.29) is 16.3 Å². The van der Waals surface area contributed by atoms with Crippen molar-refractivity contribution >= 4 is 34.4 Å². The first-order valence-electron chi connectivity index (χ1n) is 8.85. The first-order chi connectivity index (χ1) is 13.9. The van der Waals surface area contributed by atoms with E-state index in [2.05, 4.69) is 19.7 Å². The van der Waals surface area contributed by atoms with Crippen LogP contribution in [0.5, 0.6) is 5.75 Å². The molecule has 29 heavy (non-hydrogen) atoms. The number of fused-ring (bicyclic) bond motifs is 1. The summed E-state index contributed by atoms with van der Waals surface area (Å²) < 4.78 is 44.4. The Morgan fingerprint density at radius 1 is 1.34 bits per heavy atom. The molecule has 2 aromatic heterocycles. The van der Waals surface area contributed by atoms with Crippen LogP contribution in [-0.4, -0.2) is 29.8 Å². The molecule has 1 unspecified atom stereocenters. The Bertz CT molecular complexity index is 1090. The number of aromatic amines is 1. The smallest absolute Gasteiger partial charge is 0.387 e. The molecule has 2 heterocycles. The van der Waals surface area contributed by atoms with Gasteiger partial charge in [0.2, 0.25) is 0 Å². The van der Waals surface area contributed by atoms with Crippen molar-refractivity contribution in [1.82, 2.24) is 9.97 Å². The average molecular weight is 422 g/mol. The number of benzene rings is 1. The van der Waals surface area contributed by atoms with Gasteiger partial charge >= 0.3 is 6.61 Å². The lowest BCUT2D eigenvalue weighted by atomic mass is 9.91. The second-order valence-corrected chi connectivity index (χ2v) is 6.75. The van der Waals surface area contributed by atoms with E-state index in [4.69, 9.17) is 11.6 Å². The highest BCUT2D eigenvalue weighted by molar-refractivity contribution is 6.31. The minimum atomic E-state index is -3.05. The summed E-state index contributed by atoms with van der Waals surface area (Å²) in [6, 6.07) is 4.09. The van der Waals surface area contributed by atoms with Gasteiger partial charge in [-0.2, -0.15) is 8.78 Å². The second-order valence-electron chi connectivity index (χ2n) is 6.37. The Balaban J connectivity index is 2.15. The first-order valence-corrected chi connectivity index (χ1v) is 9.23. The Labute approximate surface area is 171 Å². The molecule has 0 spiro atoms. The molecular formula is C21H19ClF3N3O. The van der Waals surface area contributed by atoms with E-state index in [0.29, 0.717) is 5.65 Å². The minimum absolute atomic E-state index is 0.152. The van der Waals surface area contributed by atoms with Crippen molar-refractivity contribution in [3.63, 3.8) is 0 Å². The molecule has 0 amide bonds. The monoisotopic (exact) mass is 421 g/mol. The van der Waals surface area contributed by atoms with Crippen LogP contribution in [0.3, 0.4) is 0 Å². The zero-order valence-electron chi connectivity index (χ0n) is 16.0. The quantitative estimate of drug-likeness (QED) is 0.481. The number of ether oxygens (including phenoxy) is 1. The first kappa shape index (κ1) is 20.9. The number of allylic oxidation sites excluding steroid dienone is 2. The maximum atomic E-state index is 14.1. The van der Waals surface area contributed by atoms with Crippen LogP contribution in [0.2, 0.25) is 5.02 Å². The summed E-state index contributed by atoms with van der Waals surface area (Å²) in [5.74, 6) is -1.40. The van der Waals surface area contributed by atoms with Crippen LogP contribution in [-0.2, 0) is 0 Å². The number of hydrogen-bond acceptors (Lipinski definition) is 3. The molecule has 0 aliphatic heterocycles. The highest BCUT2D eigenvalue weighted by Gasteiger charge is 2.24. The Morgan fingerprint density at radius 3 is 2.76 bits per heavy atom. The number of aromatic nitrogens is 2. The van der Waals surface area contributed by atoms with Crippen LogP contribution in [0.25, 0.3) is 16.6 Å². The summed E-state index contributed by atoms with van der Waals surface area (Å²) in [4.78, 5) is 11.5. The Kier molecular flexibility index (Phi) is 6.27. The predicted molar refractivity (Wildman–Crippen MR) is 110 cm³/mol. The molecule has 0 fully saturated rings. The molecular weight excluding hydrogens is 403 g/mol. The molecule has 152 valence electrons. The van der Waals surface area contributed by atoms with Crippen molar-refractivity contribution in [3.05, 3.63) is 64.2 Å². The maximum Gasteiger partial charge on any atom is 0.387 e. The highest BCUT2D eigenvalue weighted by Crippen LogP contribution is 2.41. The second kappa shape index (κ2) is 8.69. The van der Waals surface area contributed by atoms with Crippen LogP contribution in [0, 0.1) is 5.82 Å². The summed E-state index contributed by atoms with van der Waals surface area (Å²) in [7, 11) is 1.68. The van der Waals surface area contributed by atoms with Gasteiger partial charge in [0.05, 0.1) is 5.02 Å². The van der Waals surface area contributed by atoms with Crippen molar-refractivity contribution in [1.29, 1.82) is 0 Å². The van der Waals surface area contributed by atoms with E-state index in [1.807, 2.05) is 19.1 Å². The van der Waals surface area contributed by atoms with E-state index in [0.717, 1.165) is 34.2 Å². The summed E-state index contributed by atoms with van der Waals surface area (Å²) in [6.45, 7) is 0.588. The molecule has 1 aromatic carbocycles. The van der Waals surface area contributed by atoms with E-state index in [9.17, 15) is 13.2 Å².